The van der Waals surface area contributed by atoms with Gasteiger partial charge >= 0.3 is 0 Å². The third-order valence-electron chi connectivity index (χ3n) is 5.32. The van der Waals surface area contributed by atoms with Gasteiger partial charge in [-0.05, 0) is 23.1 Å². The van der Waals surface area contributed by atoms with Gasteiger partial charge in [-0.2, -0.15) is 10.5 Å². The van der Waals surface area contributed by atoms with E-state index in [1.807, 2.05) is 60.0 Å². The molecule has 4 rings (SSSR count). The van der Waals surface area contributed by atoms with Crippen LogP contribution >= 0.6 is 11.3 Å². The number of ketones is 1. The van der Waals surface area contributed by atoms with Crippen LogP contribution in [-0.2, 0) is 0 Å². The molecular weight excluding hydrogens is 366 g/mol. The zero-order valence-corrected chi connectivity index (χ0v) is 15.8. The number of hydrogen-bond acceptors (Lipinski definition) is 5. The molecule has 1 aromatic heterocycles. The van der Waals surface area contributed by atoms with Crippen LogP contribution in [0, 0.1) is 28.1 Å². The van der Waals surface area contributed by atoms with Gasteiger partial charge in [-0.1, -0.05) is 54.6 Å². The molecule has 28 heavy (non-hydrogen) atoms. The fourth-order valence-corrected chi connectivity index (χ4v) is 4.76. The number of rotatable bonds is 4. The van der Waals surface area contributed by atoms with E-state index in [-0.39, 0.29) is 12.2 Å². The van der Waals surface area contributed by atoms with Crippen molar-refractivity contribution in [2.24, 2.45) is 5.41 Å². The molecular formula is C23H17N3OS. The number of anilines is 1. The summed E-state index contributed by atoms with van der Waals surface area (Å²) in [6.45, 7) is 0. The van der Waals surface area contributed by atoms with Crippen LogP contribution in [0.1, 0.15) is 39.2 Å². The summed E-state index contributed by atoms with van der Waals surface area (Å²) in [5.74, 6) is -0.595. The maximum atomic E-state index is 13.0. The van der Waals surface area contributed by atoms with E-state index in [1.54, 1.807) is 12.1 Å². The average molecular weight is 383 g/mol. The van der Waals surface area contributed by atoms with Crippen LogP contribution in [0.3, 0.4) is 0 Å². The van der Waals surface area contributed by atoms with Crippen LogP contribution < -0.4 is 5.32 Å². The Morgan fingerprint density at radius 3 is 2.39 bits per heavy atom. The van der Waals surface area contributed by atoms with Crippen LogP contribution in [0.25, 0.3) is 0 Å². The number of nitrogens with one attached hydrogen (secondary N) is 1. The van der Waals surface area contributed by atoms with Crippen molar-refractivity contribution in [2.45, 2.75) is 18.4 Å². The number of carbonyl (C=O) groups is 1. The summed E-state index contributed by atoms with van der Waals surface area (Å²) >= 11 is 1.50. The van der Waals surface area contributed by atoms with Gasteiger partial charge in [0.15, 0.2) is 11.2 Å². The molecule has 0 radical (unpaired) electrons. The summed E-state index contributed by atoms with van der Waals surface area (Å²) < 4.78 is 0. The Morgan fingerprint density at radius 1 is 1.00 bits per heavy atom. The van der Waals surface area contributed by atoms with E-state index in [1.165, 1.54) is 11.3 Å². The molecule has 0 amide bonds. The molecule has 5 heteroatoms. The van der Waals surface area contributed by atoms with E-state index < -0.39 is 17.4 Å². The summed E-state index contributed by atoms with van der Waals surface area (Å²) in [6, 6.07) is 24.6. The minimum absolute atomic E-state index is 0.0675. The molecule has 2 aromatic carbocycles. The quantitative estimate of drug-likeness (QED) is 0.620. The molecule has 136 valence electrons. The van der Waals surface area contributed by atoms with E-state index in [4.69, 9.17) is 0 Å². The van der Waals surface area contributed by atoms with Crippen molar-refractivity contribution < 1.29 is 4.79 Å². The number of Topliss-reactive ketones (excluding diaryl/α,β-unsaturated/α-hetero) is 1. The van der Waals surface area contributed by atoms with Gasteiger partial charge in [0, 0.05) is 28.5 Å². The van der Waals surface area contributed by atoms with E-state index >= 15 is 0 Å². The first kappa shape index (κ1) is 18.0. The number of carbonyl (C=O) groups excluding carboxylic acids is 1. The van der Waals surface area contributed by atoms with Crippen molar-refractivity contribution >= 4 is 22.8 Å². The predicted molar refractivity (Wildman–Crippen MR) is 109 cm³/mol. The lowest BCUT2D eigenvalue weighted by molar-refractivity contribution is 0.0957. The van der Waals surface area contributed by atoms with Crippen molar-refractivity contribution in [3.05, 3.63) is 88.1 Å². The highest BCUT2D eigenvalue weighted by Gasteiger charge is 2.52. The minimum Gasteiger partial charge on any atom is -0.375 e. The zero-order chi connectivity index (χ0) is 19.6. The molecule has 0 bridgehead atoms. The first-order valence-electron chi connectivity index (χ1n) is 8.99. The van der Waals surface area contributed by atoms with Crippen LogP contribution in [0.4, 0.5) is 5.69 Å². The van der Waals surface area contributed by atoms with E-state index in [0.717, 1.165) is 16.1 Å². The molecule has 0 fully saturated rings. The molecule has 1 aliphatic rings. The lowest BCUT2D eigenvalue weighted by atomic mass is 9.64. The molecule has 2 atom stereocenters. The Kier molecular flexibility index (Phi) is 4.69. The summed E-state index contributed by atoms with van der Waals surface area (Å²) in [6.07, 6.45) is 0.103. The number of thiophene rings is 1. The van der Waals surface area contributed by atoms with Gasteiger partial charge in [0.1, 0.15) is 0 Å². The first-order chi connectivity index (χ1) is 13.7. The topological polar surface area (TPSA) is 76.7 Å². The number of hydrogen-bond donors (Lipinski definition) is 1. The number of benzene rings is 2. The Morgan fingerprint density at radius 2 is 1.71 bits per heavy atom. The standard InChI is InChI=1S/C23H17N3OS/c24-14-23(15-25)18(13-20(27)16-7-2-1-3-8-16)17-9-4-5-10-19(17)26-22(23)21-11-6-12-28-21/h1-12,18,22,26H,13H2/t18-,22+/m1/s1. The molecule has 0 aliphatic carbocycles. The van der Waals surface area contributed by atoms with Crippen molar-refractivity contribution in [3.63, 3.8) is 0 Å². The number of nitriles is 2. The van der Waals surface area contributed by atoms with E-state index in [9.17, 15) is 15.3 Å². The molecule has 0 saturated carbocycles. The molecule has 2 heterocycles. The minimum atomic E-state index is -1.39. The fourth-order valence-electron chi connectivity index (χ4n) is 3.91. The van der Waals surface area contributed by atoms with Crippen molar-refractivity contribution in [2.75, 3.05) is 5.32 Å². The largest absolute Gasteiger partial charge is 0.375 e. The van der Waals surface area contributed by atoms with Gasteiger partial charge in [-0.3, -0.25) is 4.79 Å². The highest BCUT2D eigenvalue weighted by molar-refractivity contribution is 7.10. The maximum Gasteiger partial charge on any atom is 0.175 e. The fraction of sp³-hybridized carbons (Fsp3) is 0.174. The third kappa shape index (κ3) is 2.87. The Bertz CT molecular complexity index is 1060. The second-order valence-electron chi connectivity index (χ2n) is 6.82. The Balaban J connectivity index is 1.84. The molecule has 1 aliphatic heterocycles. The van der Waals surface area contributed by atoms with E-state index in [2.05, 4.69) is 17.5 Å². The van der Waals surface area contributed by atoms with Gasteiger partial charge in [0.25, 0.3) is 0 Å². The SMILES string of the molecule is N#CC1(C#N)[C@H](CC(=O)c2ccccc2)c2ccccc2N[C@H]1c1cccs1. The normalized spacial score (nSPS) is 19.5. The van der Waals surface area contributed by atoms with Crippen LogP contribution in [0.15, 0.2) is 72.1 Å². The van der Waals surface area contributed by atoms with Gasteiger partial charge in [0.05, 0.1) is 18.2 Å². The van der Waals surface area contributed by atoms with Crippen molar-refractivity contribution in [3.8, 4) is 12.1 Å². The Hall–Kier alpha value is -3.41. The second kappa shape index (κ2) is 7.31. The van der Waals surface area contributed by atoms with E-state index in [0.29, 0.717) is 5.56 Å². The average Bonchev–Trinajstić information content (AvgIpc) is 3.29. The summed E-state index contributed by atoms with van der Waals surface area (Å²) in [4.78, 5) is 13.9. The second-order valence-corrected chi connectivity index (χ2v) is 7.80. The van der Waals surface area contributed by atoms with Crippen LogP contribution in [0.5, 0.6) is 0 Å². The first-order valence-corrected chi connectivity index (χ1v) is 9.87. The van der Waals surface area contributed by atoms with Crippen LogP contribution in [-0.4, -0.2) is 5.78 Å². The van der Waals surface area contributed by atoms with Gasteiger partial charge in [0.2, 0.25) is 0 Å². The molecule has 0 unspecified atom stereocenters. The van der Waals surface area contributed by atoms with Crippen molar-refractivity contribution in [1.82, 2.24) is 0 Å². The summed E-state index contributed by atoms with van der Waals surface area (Å²) in [7, 11) is 0. The monoisotopic (exact) mass is 383 g/mol. The lowest BCUT2D eigenvalue weighted by Crippen LogP contribution is -2.41. The number of fused-ring (bicyclic) bond motifs is 1. The van der Waals surface area contributed by atoms with Gasteiger partial charge in [-0.15, -0.1) is 11.3 Å². The molecule has 0 saturated heterocycles. The highest BCUT2D eigenvalue weighted by atomic mass is 32.1. The maximum absolute atomic E-state index is 13.0. The number of para-hydroxylation sites is 1. The molecule has 3 aromatic rings. The van der Waals surface area contributed by atoms with Gasteiger partial charge < -0.3 is 5.32 Å². The third-order valence-corrected chi connectivity index (χ3v) is 6.26. The molecule has 0 spiro atoms. The lowest BCUT2D eigenvalue weighted by Gasteiger charge is -2.42. The van der Waals surface area contributed by atoms with Gasteiger partial charge in [-0.25, -0.2) is 0 Å². The summed E-state index contributed by atoms with van der Waals surface area (Å²) in [5.41, 5.74) is 0.912. The van der Waals surface area contributed by atoms with Crippen molar-refractivity contribution in [1.29, 1.82) is 10.5 Å². The zero-order valence-electron chi connectivity index (χ0n) is 15.0. The highest BCUT2D eigenvalue weighted by Crippen LogP contribution is 2.54. The van der Waals surface area contributed by atoms with Crippen LogP contribution in [0.2, 0.25) is 0 Å². The number of nitrogens with zero attached hydrogens (tertiary/aromatic N) is 2. The predicted octanol–water partition coefficient (Wildman–Crippen LogP) is 5.31. The smallest absolute Gasteiger partial charge is 0.175 e. The molecule has 1 N–H and O–H groups in total. The molecule has 4 nitrogen and oxygen atoms in total. The Labute approximate surface area is 167 Å². The summed E-state index contributed by atoms with van der Waals surface area (Å²) in [5, 5.41) is 25.7.